The lowest BCUT2D eigenvalue weighted by atomic mass is 9.33. The molecule has 0 bridgehead atoms. The summed E-state index contributed by atoms with van der Waals surface area (Å²) in [5.41, 5.74) is 25.7. The first-order chi connectivity index (χ1) is 49.7. The summed E-state index contributed by atoms with van der Waals surface area (Å²) in [5.74, 6) is 0. The summed E-state index contributed by atoms with van der Waals surface area (Å²) in [6.45, 7) is 8.07. The lowest BCUT2D eigenvalue weighted by Crippen LogP contribution is -2.61. The summed E-state index contributed by atoms with van der Waals surface area (Å²) in [5, 5.41) is 3.87. The fourth-order valence-electron chi connectivity index (χ4n) is 15.9. The largest absolute Gasteiger partial charge is 0.416 e. The summed E-state index contributed by atoms with van der Waals surface area (Å²) in [4.78, 5) is 8.82. The highest BCUT2D eigenvalue weighted by Gasteiger charge is 2.44. The molecule has 9 heteroatoms. The van der Waals surface area contributed by atoms with Gasteiger partial charge in [-0.15, -0.1) is 0 Å². The normalized spacial score (nSPS) is 12.4. The molecule has 0 radical (unpaired) electrons. The van der Waals surface area contributed by atoms with Gasteiger partial charge in [0.1, 0.15) is 0 Å². The Morgan fingerprint density at radius 2 is 0.634 bits per heavy atom. The van der Waals surface area contributed by atoms with E-state index in [-0.39, 0.29) is 6.71 Å². The molecule has 0 amide bonds. The number of alkyl halides is 3. The first-order valence-electron chi connectivity index (χ1n) is 33.9. The van der Waals surface area contributed by atoms with Gasteiger partial charge in [0.25, 0.3) is 6.71 Å². The number of aromatic nitrogens is 2. The van der Waals surface area contributed by atoms with Crippen LogP contribution in [0.4, 0.5) is 53.0 Å². The molecule has 0 aliphatic carbocycles. The number of hydrogen-bond donors (Lipinski definition) is 0. The quantitative estimate of drug-likeness (QED) is 0.100. The minimum absolute atomic E-state index is 0.226. The second kappa shape index (κ2) is 23.6. The molecule has 0 spiro atoms. The summed E-state index contributed by atoms with van der Waals surface area (Å²) < 4.78 is 50.5. The van der Waals surface area contributed by atoms with Crippen LogP contribution in [0.3, 0.4) is 0 Å². The Morgan fingerprint density at radius 1 is 0.277 bits per heavy atom. The van der Waals surface area contributed by atoms with Crippen LogP contribution in [0, 0.1) is 6.57 Å². The van der Waals surface area contributed by atoms with Crippen LogP contribution in [0.5, 0.6) is 0 Å². The van der Waals surface area contributed by atoms with Crippen LogP contribution in [0.25, 0.3) is 127 Å². The summed E-state index contributed by atoms with van der Waals surface area (Å²) in [6, 6.07) is 119. The Balaban J connectivity index is 0.863. The Labute approximate surface area is 582 Å². The number of benzene rings is 15. The molecule has 2 aliphatic heterocycles. The second-order valence-corrected chi connectivity index (χ2v) is 26.1. The number of fused-ring (bicyclic) bond motifs is 10. The van der Waals surface area contributed by atoms with Crippen molar-refractivity contribution >= 4 is 107 Å². The van der Waals surface area contributed by atoms with Gasteiger partial charge in [-0.05, 0) is 187 Å². The standard InChI is InChI=1S/C92H57BF3N5/c1-97-70-42-51-86(100-81-31-17-14-28-73(81)74-29-15-18-32-82(74)100)78(58-70)77-57-69(92(94,95)96)41-50-85(77)101-83-33-19-16-30-75(83)76-52-65(38-47-84(76)101)68-55-89-91-90(56-68)99(72-45-36-64(37-46-72)60-22-8-3-9-23-60)88-49-40-67(62-26-12-5-13-27-62)54-80(88)93(91)79-53-66(61-24-10-4-11-25-61)39-48-87(79)98(89)71-43-34-63(35-44-71)59-20-6-2-7-21-59/h2-58H. The first kappa shape index (κ1) is 59.1. The van der Waals surface area contributed by atoms with Crippen LogP contribution >= 0.6 is 0 Å². The molecule has 5 nitrogen and oxygen atoms in total. The van der Waals surface area contributed by atoms with Crippen LogP contribution in [-0.4, -0.2) is 15.8 Å². The zero-order valence-electron chi connectivity index (χ0n) is 54.4. The van der Waals surface area contributed by atoms with Gasteiger partial charge in [-0.1, -0.05) is 237 Å². The van der Waals surface area contributed by atoms with Crippen molar-refractivity contribution in [1.29, 1.82) is 0 Å². The van der Waals surface area contributed by atoms with E-state index in [1.165, 1.54) is 28.5 Å². The van der Waals surface area contributed by atoms with Crippen molar-refractivity contribution in [3.05, 3.63) is 363 Å². The third kappa shape index (κ3) is 9.78. The molecule has 474 valence electrons. The highest BCUT2D eigenvalue weighted by atomic mass is 19.4. The Kier molecular flexibility index (Phi) is 13.8. The van der Waals surface area contributed by atoms with Gasteiger partial charge in [-0.25, -0.2) is 4.85 Å². The number of anilines is 6. The van der Waals surface area contributed by atoms with E-state index in [1.54, 1.807) is 18.2 Å². The topological polar surface area (TPSA) is 20.7 Å². The van der Waals surface area contributed by atoms with Gasteiger partial charge in [0.15, 0.2) is 5.69 Å². The Bertz CT molecular complexity index is 5950. The third-order valence-electron chi connectivity index (χ3n) is 20.5. The van der Waals surface area contributed by atoms with Gasteiger partial charge < -0.3 is 18.9 Å². The van der Waals surface area contributed by atoms with E-state index in [0.717, 1.165) is 133 Å². The Morgan fingerprint density at radius 3 is 1.09 bits per heavy atom. The fourth-order valence-corrected chi connectivity index (χ4v) is 15.9. The summed E-state index contributed by atoms with van der Waals surface area (Å²) in [6.07, 6.45) is -4.68. The highest BCUT2D eigenvalue weighted by molar-refractivity contribution is 7.00. The second-order valence-electron chi connectivity index (χ2n) is 26.1. The maximum absolute atomic E-state index is 15.4. The summed E-state index contributed by atoms with van der Waals surface area (Å²) in [7, 11) is 0. The molecule has 4 heterocycles. The van der Waals surface area contributed by atoms with E-state index < -0.39 is 11.7 Å². The van der Waals surface area contributed by atoms with Gasteiger partial charge >= 0.3 is 6.18 Å². The fraction of sp³-hybridized carbons (Fsp3) is 0.0109. The molecular formula is C92H57BF3N5. The van der Waals surface area contributed by atoms with Crippen LogP contribution in [-0.2, 0) is 6.18 Å². The number of hydrogen-bond acceptors (Lipinski definition) is 2. The van der Waals surface area contributed by atoms with Gasteiger partial charge in [-0.3, -0.25) is 0 Å². The molecule has 101 heavy (non-hydrogen) atoms. The number of rotatable bonds is 10. The van der Waals surface area contributed by atoms with Crippen molar-refractivity contribution in [2.75, 3.05) is 9.80 Å². The number of nitrogens with zero attached hydrogens (tertiary/aromatic N) is 5. The molecule has 0 saturated carbocycles. The maximum Gasteiger partial charge on any atom is 0.416 e. The Hall–Kier alpha value is -13.2. The minimum atomic E-state index is -4.68. The predicted octanol–water partition coefficient (Wildman–Crippen LogP) is 23.5. The van der Waals surface area contributed by atoms with Gasteiger partial charge in [0.05, 0.1) is 45.6 Å². The van der Waals surface area contributed by atoms with Crippen molar-refractivity contribution in [3.63, 3.8) is 0 Å². The van der Waals surface area contributed by atoms with Crippen LogP contribution in [0.15, 0.2) is 346 Å². The highest BCUT2D eigenvalue weighted by Crippen LogP contribution is 2.50. The smallest absolute Gasteiger partial charge is 0.311 e. The molecule has 15 aromatic carbocycles. The lowest BCUT2D eigenvalue weighted by molar-refractivity contribution is -0.137. The monoisotopic (exact) mass is 1300 g/mol. The van der Waals surface area contributed by atoms with Gasteiger partial charge in [0.2, 0.25) is 0 Å². The molecule has 17 aromatic rings. The van der Waals surface area contributed by atoms with E-state index in [0.29, 0.717) is 28.2 Å². The van der Waals surface area contributed by atoms with Crippen molar-refractivity contribution in [3.8, 4) is 78.1 Å². The van der Waals surface area contributed by atoms with E-state index in [1.807, 2.05) is 72.8 Å². The maximum atomic E-state index is 15.4. The average molecular weight is 1300 g/mol. The summed E-state index contributed by atoms with van der Waals surface area (Å²) >= 11 is 0. The number of halogens is 3. The van der Waals surface area contributed by atoms with Crippen molar-refractivity contribution in [1.82, 2.24) is 9.13 Å². The van der Waals surface area contributed by atoms with Gasteiger partial charge in [-0.2, -0.15) is 13.2 Å². The van der Waals surface area contributed by atoms with Crippen molar-refractivity contribution in [2.45, 2.75) is 6.18 Å². The van der Waals surface area contributed by atoms with Crippen LogP contribution in [0.2, 0.25) is 0 Å². The lowest BCUT2D eigenvalue weighted by Gasteiger charge is -2.44. The van der Waals surface area contributed by atoms with E-state index in [2.05, 4.69) is 266 Å². The molecule has 2 aliphatic rings. The predicted molar refractivity (Wildman–Crippen MR) is 413 cm³/mol. The minimum Gasteiger partial charge on any atom is -0.311 e. The van der Waals surface area contributed by atoms with Crippen LogP contribution in [0.1, 0.15) is 5.56 Å². The third-order valence-corrected chi connectivity index (χ3v) is 20.5. The molecule has 2 aromatic heterocycles. The number of para-hydroxylation sites is 3. The molecule has 0 N–H and O–H groups in total. The van der Waals surface area contributed by atoms with E-state index in [9.17, 15) is 0 Å². The molecule has 0 fully saturated rings. The van der Waals surface area contributed by atoms with Gasteiger partial charge in [0, 0.05) is 61.2 Å². The SMILES string of the molecule is [C-]#[N+]c1ccc(-n2c3ccccc3c3ccccc32)c(-c2cc(C(F)(F)F)ccc2-n2c3ccccc3c3cc(-c4cc5c6c(c4)N(c4ccc(-c7ccccc7)cc4)c4ccc(-c7ccccc7)cc4B6c4cc(-c6ccccc6)ccc4N5c4ccc(-c5ccccc5)cc4)ccc32)c1. The molecule has 0 unspecified atom stereocenters. The van der Waals surface area contributed by atoms with Crippen molar-refractivity contribution in [2.24, 2.45) is 0 Å². The average Bonchev–Trinajstić information content (AvgIpc) is 1.43. The molecule has 0 atom stereocenters. The van der Waals surface area contributed by atoms with E-state index >= 15 is 13.2 Å². The first-order valence-corrected chi connectivity index (χ1v) is 33.9. The zero-order valence-corrected chi connectivity index (χ0v) is 54.4. The van der Waals surface area contributed by atoms with E-state index in [4.69, 9.17) is 6.57 Å². The zero-order chi connectivity index (χ0) is 67.5. The molecule has 19 rings (SSSR count). The molecular weight excluding hydrogens is 1240 g/mol. The van der Waals surface area contributed by atoms with Crippen molar-refractivity contribution < 1.29 is 13.2 Å². The van der Waals surface area contributed by atoms with Crippen LogP contribution < -0.4 is 26.2 Å². The molecule has 0 saturated heterocycles.